The number of nitrogens with zero attached hydrogens (tertiary/aromatic N) is 1. The molecule has 0 bridgehead atoms. The van der Waals surface area contributed by atoms with E-state index in [1.54, 1.807) is 24.4 Å². The van der Waals surface area contributed by atoms with Gasteiger partial charge in [-0.2, -0.15) is 0 Å². The summed E-state index contributed by atoms with van der Waals surface area (Å²) in [5.74, 6) is -1.82. The number of aromatic nitrogens is 1. The number of nitrogens with one attached hydrogen (secondary N) is 2. The largest absolute Gasteiger partial charge is 0.370 e. The zero-order valence-corrected chi connectivity index (χ0v) is 16.0. The maximum atomic E-state index is 13.6. The van der Waals surface area contributed by atoms with Crippen molar-refractivity contribution in [2.75, 3.05) is 6.54 Å². The summed E-state index contributed by atoms with van der Waals surface area (Å²) in [5.41, 5.74) is 0.710. The lowest BCUT2D eigenvalue weighted by atomic mass is 9.92. The predicted octanol–water partition coefficient (Wildman–Crippen LogP) is 2.90. The maximum absolute atomic E-state index is 13.6. The second kappa shape index (κ2) is 9.56. The molecule has 1 saturated heterocycles. The number of carbonyl (C=O) groups is 2. The van der Waals surface area contributed by atoms with E-state index < -0.39 is 17.7 Å². The molecule has 3 rings (SSSR count). The minimum Gasteiger partial charge on any atom is -0.370 e. The molecule has 0 radical (unpaired) electrons. The Morgan fingerprint density at radius 2 is 1.93 bits per heavy atom. The highest BCUT2D eigenvalue weighted by Crippen LogP contribution is 2.33. The summed E-state index contributed by atoms with van der Waals surface area (Å²) >= 11 is 0. The first-order valence-electron chi connectivity index (χ1n) is 9.48. The SMILES string of the molecule is CC(=O)N[C@H]1C[C@@H](CCNC(=O)c2ccccn2)O[C@@H](c2cc(F)cc(F)c2)C1. The van der Waals surface area contributed by atoms with Crippen molar-refractivity contribution >= 4 is 11.8 Å². The Kier molecular flexibility index (Phi) is 6.87. The van der Waals surface area contributed by atoms with Gasteiger partial charge in [-0.3, -0.25) is 14.6 Å². The summed E-state index contributed by atoms with van der Waals surface area (Å²) in [5, 5.41) is 5.65. The topological polar surface area (TPSA) is 80.3 Å². The summed E-state index contributed by atoms with van der Waals surface area (Å²) in [6.07, 6.45) is 2.15. The molecule has 8 heteroatoms. The first-order valence-corrected chi connectivity index (χ1v) is 9.48. The smallest absolute Gasteiger partial charge is 0.269 e. The lowest BCUT2D eigenvalue weighted by molar-refractivity contribution is -0.122. The Balaban J connectivity index is 1.63. The van der Waals surface area contributed by atoms with Crippen molar-refractivity contribution < 1.29 is 23.1 Å². The third kappa shape index (κ3) is 6.05. The lowest BCUT2D eigenvalue weighted by Gasteiger charge is -2.36. The van der Waals surface area contributed by atoms with Gasteiger partial charge in [-0.1, -0.05) is 6.07 Å². The van der Waals surface area contributed by atoms with Crippen LogP contribution in [0.25, 0.3) is 0 Å². The number of rotatable bonds is 6. The average Bonchev–Trinajstić information content (AvgIpc) is 2.67. The van der Waals surface area contributed by atoms with Gasteiger partial charge in [0.1, 0.15) is 17.3 Å². The summed E-state index contributed by atoms with van der Waals surface area (Å²) in [6.45, 7) is 1.77. The van der Waals surface area contributed by atoms with Gasteiger partial charge in [-0.25, -0.2) is 8.78 Å². The molecule has 2 amide bonds. The van der Waals surface area contributed by atoms with Crippen LogP contribution in [0.5, 0.6) is 0 Å². The van der Waals surface area contributed by atoms with Gasteiger partial charge in [0.25, 0.3) is 5.91 Å². The van der Waals surface area contributed by atoms with Crippen molar-refractivity contribution in [1.82, 2.24) is 15.6 Å². The Morgan fingerprint density at radius 1 is 1.17 bits per heavy atom. The number of benzene rings is 1. The van der Waals surface area contributed by atoms with Crippen molar-refractivity contribution in [1.29, 1.82) is 0 Å². The highest BCUT2D eigenvalue weighted by molar-refractivity contribution is 5.92. The van der Waals surface area contributed by atoms with Gasteiger partial charge in [0, 0.05) is 31.8 Å². The highest BCUT2D eigenvalue weighted by Gasteiger charge is 2.31. The standard InChI is InChI=1S/C21H23F2N3O3/c1-13(27)26-17-11-18(5-7-25-21(28)19-4-2-3-6-24-19)29-20(12-17)14-8-15(22)10-16(23)9-14/h2-4,6,8-10,17-18,20H,5,7,11-12H2,1H3,(H,25,28)(H,26,27)/t17-,18+,20+/m0/s1. The van der Waals surface area contributed by atoms with Gasteiger partial charge < -0.3 is 15.4 Å². The number of amides is 2. The Labute approximate surface area is 167 Å². The second-order valence-electron chi connectivity index (χ2n) is 7.08. The number of hydrogen-bond donors (Lipinski definition) is 2. The summed E-state index contributed by atoms with van der Waals surface area (Å²) < 4.78 is 33.3. The Morgan fingerprint density at radius 3 is 2.59 bits per heavy atom. The minimum atomic E-state index is -0.676. The number of carbonyl (C=O) groups excluding carboxylic acids is 2. The van der Waals surface area contributed by atoms with Crippen LogP contribution in [0.1, 0.15) is 48.3 Å². The molecule has 0 unspecified atom stereocenters. The number of pyridine rings is 1. The van der Waals surface area contributed by atoms with E-state index >= 15 is 0 Å². The van der Waals surface area contributed by atoms with Crippen LogP contribution in [-0.2, 0) is 9.53 Å². The summed E-state index contributed by atoms with van der Waals surface area (Å²) in [4.78, 5) is 27.6. The molecular formula is C21H23F2N3O3. The van der Waals surface area contributed by atoms with Crippen LogP contribution in [-0.4, -0.2) is 35.5 Å². The lowest BCUT2D eigenvalue weighted by Crippen LogP contribution is -2.43. The van der Waals surface area contributed by atoms with Crippen LogP contribution in [0, 0.1) is 11.6 Å². The normalized spacial score (nSPS) is 21.4. The zero-order chi connectivity index (χ0) is 20.8. The number of hydrogen-bond acceptors (Lipinski definition) is 4. The first-order chi connectivity index (χ1) is 13.9. The molecule has 1 aromatic carbocycles. The van der Waals surface area contributed by atoms with E-state index in [0.29, 0.717) is 37.1 Å². The van der Waals surface area contributed by atoms with Crippen molar-refractivity contribution in [3.63, 3.8) is 0 Å². The third-order valence-electron chi connectivity index (χ3n) is 4.72. The van der Waals surface area contributed by atoms with Crippen LogP contribution in [0.2, 0.25) is 0 Å². The first kappa shape index (κ1) is 20.9. The van der Waals surface area contributed by atoms with Gasteiger partial charge in [0.05, 0.1) is 12.2 Å². The molecular weight excluding hydrogens is 380 g/mol. The molecule has 154 valence electrons. The molecule has 2 aromatic rings. The van der Waals surface area contributed by atoms with E-state index in [9.17, 15) is 18.4 Å². The molecule has 0 spiro atoms. The summed E-state index contributed by atoms with van der Waals surface area (Å²) in [7, 11) is 0. The molecule has 0 aliphatic carbocycles. The molecule has 1 aliphatic heterocycles. The molecule has 1 fully saturated rings. The van der Waals surface area contributed by atoms with E-state index in [1.807, 2.05) is 0 Å². The van der Waals surface area contributed by atoms with Crippen LogP contribution in [0.4, 0.5) is 8.78 Å². The van der Waals surface area contributed by atoms with Gasteiger partial charge in [0.15, 0.2) is 0 Å². The number of ether oxygens (including phenoxy) is 1. The molecule has 29 heavy (non-hydrogen) atoms. The Hall–Kier alpha value is -2.87. The number of halogens is 2. The molecule has 0 saturated carbocycles. The molecule has 6 nitrogen and oxygen atoms in total. The van der Waals surface area contributed by atoms with Crippen molar-refractivity contribution in [3.05, 3.63) is 65.5 Å². The molecule has 1 aromatic heterocycles. The fourth-order valence-corrected chi connectivity index (χ4v) is 3.52. The maximum Gasteiger partial charge on any atom is 0.269 e. The predicted molar refractivity (Wildman–Crippen MR) is 102 cm³/mol. The van der Waals surface area contributed by atoms with Crippen LogP contribution in [0.15, 0.2) is 42.6 Å². The van der Waals surface area contributed by atoms with Gasteiger partial charge >= 0.3 is 0 Å². The zero-order valence-electron chi connectivity index (χ0n) is 16.0. The van der Waals surface area contributed by atoms with E-state index in [4.69, 9.17) is 4.74 Å². The van der Waals surface area contributed by atoms with Crippen molar-refractivity contribution in [2.45, 2.75) is 44.4 Å². The average molecular weight is 403 g/mol. The fraction of sp³-hybridized carbons (Fsp3) is 0.381. The van der Waals surface area contributed by atoms with Crippen molar-refractivity contribution in [3.8, 4) is 0 Å². The Bertz CT molecular complexity index is 843. The van der Waals surface area contributed by atoms with Gasteiger partial charge in [-0.05, 0) is 49.1 Å². The van der Waals surface area contributed by atoms with Crippen LogP contribution >= 0.6 is 0 Å². The second-order valence-corrected chi connectivity index (χ2v) is 7.08. The van der Waals surface area contributed by atoms with E-state index in [0.717, 1.165) is 6.07 Å². The van der Waals surface area contributed by atoms with Crippen LogP contribution in [0.3, 0.4) is 0 Å². The molecule has 2 heterocycles. The van der Waals surface area contributed by atoms with E-state index in [2.05, 4.69) is 15.6 Å². The molecule has 1 aliphatic rings. The fourth-order valence-electron chi connectivity index (χ4n) is 3.52. The highest BCUT2D eigenvalue weighted by atomic mass is 19.1. The van der Waals surface area contributed by atoms with Crippen molar-refractivity contribution in [2.24, 2.45) is 0 Å². The summed E-state index contributed by atoms with van der Waals surface area (Å²) in [6, 6.07) is 8.18. The monoisotopic (exact) mass is 403 g/mol. The van der Waals surface area contributed by atoms with E-state index in [1.165, 1.54) is 19.1 Å². The van der Waals surface area contributed by atoms with Crippen LogP contribution < -0.4 is 10.6 Å². The van der Waals surface area contributed by atoms with Gasteiger partial charge in [-0.15, -0.1) is 0 Å². The molecule has 2 N–H and O–H groups in total. The van der Waals surface area contributed by atoms with E-state index in [-0.39, 0.29) is 24.0 Å². The minimum absolute atomic E-state index is 0.178. The quantitative estimate of drug-likeness (QED) is 0.777. The molecule has 3 atom stereocenters. The third-order valence-corrected chi connectivity index (χ3v) is 4.72. The van der Waals surface area contributed by atoms with Gasteiger partial charge in [0.2, 0.25) is 5.91 Å².